The first kappa shape index (κ1) is 16.0. The maximum atomic E-state index is 12.5. The molecule has 0 saturated carbocycles. The average Bonchev–Trinajstić information content (AvgIpc) is 2.91. The fourth-order valence-corrected chi connectivity index (χ4v) is 2.60. The fraction of sp³-hybridized carbons (Fsp3) is 0.286. The van der Waals surface area contributed by atoms with Gasteiger partial charge < -0.3 is 15.2 Å². The molecule has 8 heteroatoms. The number of carbonyl (C=O) groups is 2. The maximum absolute atomic E-state index is 12.5. The SMILES string of the molecule is Cn1cnnc1SCC(=O)N(CCC(N)=O)c1ccccc1. The molecule has 1 aromatic heterocycles. The van der Waals surface area contributed by atoms with Gasteiger partial charge in [0.15, 0.2) is 5.16 Å². The number of hydrogen-bond acceptors (Lipinski definition) is 5. The Balaban J connectivity index is 2.05. The molecule has 0 atom stereocenters. The van der Waals surface area contributed by atoms with E-state index in [4.69, 9.17) is 5.73 Å². The van der Waals surface area contributed by atoms with Crippen LogP contribution in [0.1, 0.15) is 6.42 Å². The Labute approximate surface area is 132 Å². The molecule has 7 nitrogen and oxygen atoms in total. The molecule has 0 spiro atoms. The molecule has 2 aromatic rings. The van der Waals surface area contributed by atoms with Gasteiger partial charge in [0.05, 0.1) is 5.75 Å². The lowest BCUT2D eigenvalue weighted by Gasteiger charge is -2.22. The summed E-state index contributed by atoms with van der Waals surface area (Å²) in [4.78, 5) is 25.0. The van der Waals surface area contributed by atoms with Crippen LogP contribution in [0.25, 0.3) is 0 Å². The molecule has 0 aliphatic carbocycles. The summed E-state index contributed by atoms with van der Waals surface area (Å²) in [5.41, 5.74) is 5.93. The summed E-state index contributed by atoms with van der Waals surface area (Å²) in [7, 11) is 1.81. The van der Waals surface area contributed by atoms with Crippen LogP contribution in [0.3, 0.4) is 0 Å². The predicted octanol–water partition coefficient (Wildman–Crippen LogP) is 0.816. The number of anilines is 1. The summed E-state index contributed by atoms with van der Waals surface area (Å²) in [5.74, 6) is -0.338. The summed E-state index contributed by atoms with van der Waals surface area (Å²) >= 11 is 1.30. The van der Waals surface area contributed by atoms with Gasteiger partial charge >= 0.3 is 0 Å². The molecule has 0 radical (unpaired) electrons. The van der Waals surface area contributed by atoms with Crippen molar-refractivity contribution in [3.63, 3.8) is 0 Å². The van der Waals surface area contributed by atoms with Crippen molar-refractivity contribution in [2.24, 2.45) is 12.8 Å². The lowest BCUT2D eigenvalue weighted by atomic mass is 10.2. The van der Waals surface area contributed by atoms with Crippen LogP contribution < -0.4 is 10.6 Å². The van der Waals surface area contributed by atoms with E-state index in [2.05, 4.69) is 10.2 Å². The van der Waals surface area contributed by atoms with E-state index in [1.54, 1.807) is 15.8 Å². The third kappa shape index (κ3) is 4.32. The van der Waals surface area contributed by atoms with Gasteiger partial charge in [-0.05, 0) is 12.1 Å². The van der Waals surface area contributed by atoms with E-state index in [9.17, 15) is 9.59 Å². The second kappa shape index (κ2) is 7.60. The normalized spacial score (nSPS) is 10.4. The number of aromatic nitrogens is 3. The second-order valence-electron chi connectivity index (χ2n) is 4.61. The molecule has 0 saturated heterocycles. The number of carbonyl (C=O) groups excluding carboxylic acids is 2. The number of thioether (sulfide) groups is 1. The number of nitrogens with zero attached hydrogens (tertiary/aromatic N) is 4. The smallest absolute Gasteiger partial charge is 0.237 e. The highest BCUT2D eigenvalue weighted by atomic mass is 32.2. The fourth-order valence-electron chi connectivity index (χ4n) is 1.84. The first-order chi connectivity index (χ1) is 10.6. The largest absolute Gasteiger partial charge is 0.370 e. The van der Waals surface area contributed by atoms with Crippen molar-refractivity contribution in [3.8, 4) is 0 Å². The van der Waals surface area contributed by atoms with Gasteiger partial charge in [0.2, 0.25) is 11.8 Å². The summed E-state index contributed by atoms with van der Waals surface area (Å²) in [5, 5.41) is 8.36. The van der Waals surface area contributed by atoms with Crippen molar-refractivity contribution in [2.45, 2.75) is 11.6 Å². The van der Waals surface area contributed by atoms with Crippen molar-refractivity contribution in [2.75, 3.05) is 17.2 Å². The Bertz CT molecular complexity index is 644. The standard InChI is InChI=1S/C14H17N5O2S/c1-18-10-16-17-14(18)22-9-13(21)19(8-7-12(15)20)11-5-3-2-4-6-11/h2-6,10H,7-9H2,1H3,(H2,15,20). The van der Waals surface area contributed by atoms with Gasteiger partial charge in [-0.2, -0.15) is 0 Å². The third-order valence-corrected chi connectivity index (χ3v) is 3.96. The highest BCUT2D eigenvalue weighted by Crippen LogP contribution is 2.18. The summed E-state index contributed by atoms with van der Waals surface area (Å²) in [6, 6.07) is 9.21. The van der Waals surface area contributed by atoms with Crippen molar-refractivity contribution >= 4 is 29.3 Å². The predicted molar refractivity (Wildman–Crippen MR) is 84.3 cm³/mol. The van der Waals surface area contributed by atoms with E-state index in [0.29, 0.717) is 5.16 Å². The minimum absolute atomic E-state index is 0.111. The highest BCUT2D eigenvalue weighted by Gasteiger charge is 2.17. The van der Waals surface area contributed by atoms with Gasteiger partial charge in [0.1, 0.15) is 6.33 Å². The number of nitrogens with two attached hydrogens (primary N) is 1. The summed E-state index contributed by atoms with van der Waals surface area (Å²) in [6.45, 7) is 0.261. The number of rotatable bonds is 7. The molecule has 0 aliphatic rings. The Morgan fingerprint density at radius 3 is 2.64 bits per heavy atom. The van der Waals surface area contributed by atoms with Crippen LogP contribution in [-0.4, -0.2) is 38.9 Å². The van der Waals surface area contributed by atoms with Crippen LogP contribution in [0, 0.1) is 0 Å². The molecule has 0 unspecified atom stereocenters. The van der Waals surface area contributed by atoms with Gasteiger partial charge in [-0.15, -0.1) is 10.2 Å². The summed E-state index contributed by atoms with van der Waals surface area (Å²) in [6.07, 6.45) is 1.70. The monoisotopic (exact) mass is 319 g/mol. The molecular formula is C14H17N5O2S. The molecule has 0 bridgehead atoms. The van der Waals surface area contributed by atoms with Crippen LogP contribution in [0.15, 0.2) is 41.8 Å². The van der Waals surface area contributed by atoms with Crippen molar-refractivity contribution < 1.29 is 9.59 Å². The van der Waals surface area contributed by atoms with Crippen molar-refractivity contribution in [3.05, 3.63) is 36.7 Å². The average molecular weight is 319 g/mol. The zero-order chi connectivity index (χ0) is 15.9. The van der Waals surface area contributed by atoms with Crippen molar-refractivity contribution in [1.82, 2.24) is 14.8 Å². The Morgan fingerprint density at radius 1 is 1.32 bits per heavy atom. The molecule has 0 fully saturated rings. The van der Waals surface area contributed by atoms with Crippen LogP contribution in [0.2, 0.25) is 0 Å². The number of benzene rings is 1. The highest BCUT2D eigenvalue weighted by molar-refractivity contribution is 7.99. The second-order valence-corrected chi connectivity index (χ2v) is 5.55. The number of aryl methyl sites for hydroxylation is 1. The molecule has 2 rings (SSSR count). The first-order valence-electron chi connectivity index (χ1n) is 6.68. The molecule has 2 amide bonds. The number of para-hydroxylation sites is 1. The van der Waals surface area contributed by atoms with E-state index < -0.39 is 5.91 Å². The lowest BCUT2D eigenvalue weighted by molar-refractivity contribution is -0.118. The van der Waals surface area contributed by atoms with E-state index in [1.165, 1.54) is 11.8 Å². The minimum Gasteiger partial charge on any atom is -0.370 e. The molecule has 0 aliphatic heterocycles. The van der Waals surface area contributed by atoms with Crippen LogP contribution in [0.5, 0.6) is 0 Å². The zero-order valence-corrected chi connectivity index (χ0v) is 13.0. The van der Waals surface area contributed by atoms with Crippen LogP contribution in [0.4, 0.5) is 5.69 Å². The zero-order valence-electron chi connectivity index (χ0n) is 12.2. The van der Waals surface area contributed by atoms with E-state index >= 15 is 0 Å². The van der Waals surface area contributed by atoms with Crippen molar-refractivity contribution in [1.29, 1.82) is 0 Å². The van der Waals surface area contributed by atoms with Gasteiger partial charge in [0, 0.05) is 25.7 Å². The third-order valence-electron chi connectivity index (χ3n) is 2.95. The minimum atomic E-state index is -0.435. The van der Waals surface area contributed by atoms with E-state index in [1.807, 2.05) is 37.4 Å². The van der Waals surface area contributed by atoms with Crippen LogP contribution >= 0.6 is 11.8 Å². The quantitative estimate of drug-likeness (QED) is 0.762. The number of hydrogen-bond donors (Lipinski definition) is 1. The van der Waals surface area contributed by atoms with Gasteiger partial charge in [-0.25, -0.2) is 0 Å². The lowest BCUT2D eigenvalue weighted by Crippen LogP contribution is -2.35. The molecule has 116 valence electrons. The van der Waals surface area contributed by atoms with E-state index in [0.717, 1.165) is 5.69 Å². The topological polar surface area (TPSA) is 94.1 Å². The molecule has 1 aromatic carbocycles. The van der Waals surface area contributed by atoms with E-state index in [-0.39, 0.29) is 24.6 Å². The van der Waals surface area contributed by atoms with Gasteiger partial charge in [-0.1, -0.05) is 30.0 Å². The Morgan fingerprint density at radius 2 is 2.05 bits per heavy atom. The van der Waals surface area contributed by atoms with Crippen LogP contribution in [-0.2, 0) is 16.6 Å². The van der Waals surface area contributed by atoms with Gasteiger partial charge in [0.25, 0.3) is 0 Å². The number of amides is 2. The maximum Gasteiger partial charge on any atom is 0.237 e. The Hall–Kier alpha value is -2.35. The first-order valence-corrected chi connectivity index (χ1v) is 7.67. The Kier molecular flexibility index (Phi) is 5.54. The van der Waals surface area contributed by atoms with Gasteiger partial charge in [-0.3, -0.25) is 9.59 Å². The molecule has 2 N–H and O–H groups in total. The molecule has 1 heterocycles. The number of primary amides is 1. The molecule has 22 heavy (non-hydrogen) atoms. The molecular weight excluding hydrogens is 302 g/mol. The summed E-state index contributed by atoms with van der Waals surface area (Å²) < 4.78 is 1.74.